The lowest BCUT2D eigenvalue weighted by Crippen LogP contribution is -2.48. The molecule has 1 amide bonds. The molecule has 1 aliphatic carbocycles. The van der Waals surface area contributed by atoms with Crippen molar-refractivity contribution in [1.82, 2.24) is 9.88 Å². The molecule has 0 aromatic carbocycles. The number of anilines is 1. The molecular formula is C14H18FN3O. The number of rotatable bonds is 2. The number of hydrogen-bond acceptors (Lipinski definition) is 3. The average molecular weight is 263 g/mol. The topological polar surface area (TPSA) is 36.4 Å². The van der Waals surface area contributed by atoms with Gasteiger partial charge in [-0.3, -0.25) is 9.69 Å². The van der Waals surface area contributed by atoms with Gasteiger partial charge in [-0.05, 0) is 45.0 Å². The van der Waals surface area contributed by atoms with Gasteiger partial charge in [-0.15, -0.1) is 0 Å². The molecule has 1 saturated carbocycles. The van der Waals surface area contributed by atoms with E-state index >= 15 is 0 Å². The molecule has 0 bridgehead atoms. The maximum Gasteiger partial charge on any atom is 0.231 e. The van der Waals surface area contributed by atoms with Crippen LogP contribution >= 0.6 is 0 Å². The van der Waals surface area contributed by atoms with Gasteiger partial charge in [0.2, 0.25) is 5.91 Å². The molecule has 19 heavy (non-hydrogen) atoms. The van der Waals surface area contributed by atoms with Gasteiger partial charge in [0.05, 0.1) is 6.20 Å². The summed E-state index contributed by atoms with van der Waals surface area (Å²) >= 11 is 0. The van der Waals surface area contributed by atoms with Crippen molar-refractivity contribution in [2.75, 3.05) is 25.5 Å². The minimum Gasteiger partial charge on any atom is -0.306 e. The van der Waals surface area contributed by atoms with Crippen molar-refractivity contribution < 1.29 is 9.18 Å². The first kappa shape index (κ1) is 12.5. The Kier molecular flexibility index (Phi) is 3.01. The van der Waals surface area contributed by atoms with Gasteiger partial charge < -0.3 is 4.90 Å². The van der Waals surface area contributed by atoms with Gasteiger partial charge in [0.25, 0.3) is 0 Å². The molecule has 5 heteroatoms. The second kappa shape index (κ2) is 4.56. The van der Waals surface area contributed by atoms with E-state index in [2.05, 4.69) is 9.88 Å². The van der Waals surface area contributed by atoms with E-state index in [4.69, 9.17) is 0 Å². The Balaban J connectivity index is 1.71. The van der Waals surface area contributed by atoms with Crippen LogP contribution in [-0.4, -0.2) is 42.5 Å². The Hall–Kier alpha value is -1.49. The van der Waals surface area contributed by atoms with Crippen LogP contribution in [0.5, 0.6) is 0 Å². The summed E-state index contributed by atoms with van der Waals surface area (Å²) < 4.78 is 13.1. The first-order chi connectivity index (χ1) is 9.06. The van der Waals surface area contributed by atoms with E-state index in [0.29, 0.717) is 24.8 Å². The zero-order valence-electron chi connectivity index (χ0n) is 11.3. The van der Waals surface area contributed by atoms with Gasteiger partial charge in [0, 0.05) is 18.5 Å². The van der Waals surface area contributed by atoms with Crippen LogP contribution in [0.15, 0.2) is 12.3 Å². The molecule has 2 heterocycles. The van der Waals surface area contributed by atoms with Crippen LogP contribution in [0, 0.1) is 11.7 Å². The zero-order chi connectivity index (χ0) is 13.6. The third-order valence-electron chi connectivity index (χ3n) is 4.23. The maximum atomic E-state index is 13.1. The Morgan fingerprint density at radius 3 is 2.89 bits per heavy atom. The molecule has 2 aliphatic rings. The fraction of sp³-hybridized carbons (Fsp3) is 0.571. The van der Waals surface area contributed by atoms with Crippen molar-refractivity contribution in [2.45, 2.75) is 25.3 Å². The van der Waals surface area contributed by atoms with E-state index in [1.807, 2.05) is 14.1 Å². The summed E-state index contributed by atoms with van der Waals surface area (Å²) in [7, 11) is 4.09. The van der Waals surface area contributed by atoms with Gasteiger partial charge in [-0.25, -0.2) is 9.37 Å². The van der Waals surface area contributed by atoms with E-state index in [1.54, 1.807) is 4.90 Å². The maximum absolute atomic E-state index is 13.1. The lowest BCUT2D eigenvalue weighted by Gasteiger charge is -2.40. The smallest absolute Gasteiger partial charge is 0.231 e. The van der Waals surface area contributed by atoms with Gasteiger partial charge in [-0.1, -0.05) is 0 Å². The van der Waals surface area contributed by atoms with Crippen LogP contribution in [0.1, 0.15) is 18.4 Å². The largest absolute Gasteiger partial charge is 0.306 e. The third-order valence-corrected chi connectivity index (χ3v) is 4.23. The molecule has 1 fully saturated rings. The van der Waals surface area contributed by atoms with Gasteiger partial charge in [0.1, 0.15) is 11.6 Å². The van der Waals surface area contributed by atoms with Crippen LogP contribution in [0.25, 0.3) is 0 Å². The summed E-state index contributed by atoms with van der Waals surface area (Å²) in [6, 6.07) is 2.00. The lowest BCUT2D eigenvalue weighted by molar-refractivity contribution is -0.126. The standard InChI is InChI=1S/C14H18FN3O/c1-17(2)12-6-10(7-12)14(19)18-4-3-9-5-11(15)8-16-13(9)18/h5,8,10,12H,3-4,6-7H2,1-2H3. The number of aromatic nitrogens is 1. The first-order valence-electron chi connectivity index (χ1n) is 6.68. The molecule has 0 spiro atoms. The Bertz CT molecular complexity index is 511. The predicted molar refractivity (Wildman–Crippen MR) is 70.5 cm³/mol. The Morgan fingerprint density at radius 2 is 2.21 bits per heavy atom. The highest BCUT2D eigenvalue weighted by atomic mass is 19.1. The second-order valence-corrected chi connectivity index (χ2v) is 5.66. The number of carbonyl (C=O) groups is 1. The van der Waals surface area contributed by atoms with E-state index < -0.39 is 0 Å². The van der Waals surface area contributed by atoms with Gasteiger partial charge in [-0.2, -0.15) is 0 Å². The van der Waals surface area contributed by atoms with Gasteiger partial charge >= 0.3 is 0 Å². The molecule has 0 radical (unpaired) electrons. The van der Waals surface area contributed by atoms with Crippen LogP contribution in [-0.2, 0) is 11.2 Å². The number of carbonyl (C=O) groups excluding carboxylic acids is 1. The minimum atomic E-state index is -0.329. The number of nitrogens with zero attached hydrogens (tertiary/aromatic N) is 3. The number of amides is 1. The number of fused-ring (bicyclic) bond motifs is 1. The minimum absolute atomic E-state index is 0.102. The Morgan fingerprint density at radius 1 is 1.47 bits per heavy atom. The second-order valence-electron chi connectivity index (χ2n) is 5.66. The summed E-state index contributed by atoms with van der Waals surface area (Å²) in [6.45, 7) is 0.633. The fourth-order valence-corrected chi connectivity index (χ4v) is 2.89. The molecule has 3 rings (SSSR count). The monoisotopic (exact) mass is 263 g/mol. The lowest BCUT2D eigenvalue weighted by atomic mass is 9.78. The number of halogens is 1. The van der Waals surface area contributed by atoms with Crippen molar-refractivity contribution in [3.8, 4) is 0 Å². The quantitative estimate of drug-likeness (QED) is 0.810. The van der Waals surface area contributed by atoms with Crippen LogP contribution in [0.3, 0.4) is 0 Å². The molecule has 1 aromatic heterocycles. The zero-order valence-corrected chi connectivity index (χ0v) is 11.3. The van der Waals surface area contributed by atoms with Crippen molar-refractivity contribution in [3.05, 3.63) is 23.6 Å². The fourth-order valence-electron chi connectivity index (χ4n) is 2.89. The SMILES string of the molecule is CN(C)C1CC(C(=O)N2CCc3cc(F)cnc32)C1. The molecular weight excluding hydrogens is 245 g/mol. The average Bonchev–Trinajstić information content (AvgIpc) is 2.68. The first-order valence-corrected chi connectivity index (χ1v) is 6.68. The van der Waals surface area contributed by atoms with Crippen molar-refractivity contribution in [1.29, 1.82) is 0 Å². The highest BCUT2D eigenvalue weighted by Gasteiger charge is 2.40. The molecule has 1 aliphatic heterocycles. The molecule has 0 unspecified atom stereocenters. The van der Waals surface area contributed by atoms with Crippen LogP contribution in [0.2, 0.25) is 0 Å². The molecule has 0 atom stereocenters. The Labute approximate surface area is 112 Å². The summed E-state index contributed by atoms with van der Waals surface area (Å²) in [5, 5.41) is 0. The third kappa shape index (κ3) is 2.12. The van der Waals surface area contributed by atoms with Crippen LogP contribution in [0.4, 0.5) is 10.2 Å². The highest BCUT2D eigenvalue weighted by molar-refractivity contribution is 5.96. The molecule has 0 saturated heterocycles. The van der Waals surface area contributed by atoms with E-state index in [-0.39, 0.29) is 17.6 Å². The van der Waals surface area contributed by atoms with Crippen molar-refractivity contribution in [3.63, 3.8) is 0 Å². The normalized spacial score (nSPS) is 25.4. The predicted octanol–water partition coefficient (Wildman–Crippen LogP) is 1.45. The number of pyridine rings is 1. The summed E-state index contributed by atoms with van der Waals surface area (Å²) in [5.41, 5.74) is 0.844. The molecule has 102 valence electrons. The van der Waals surface area contributed by atoms with Crippen molar-refractivity contribution >= 4 is 11.7 Å². The van der Waals surface area contributed by atoms with Gasteiger partial charge in [0.15, 0.2) is 0 Å². The van der Waals surface area contributed by atoms with Crippen LogP contribution < -0.4 is 4.90 Å². The molecule has 4 nitrogen and oxygen atoms in total. The summed E-state index contributed by atoms with van der Waals surface area (Å²) in [5.74, 6) is 0.574. The van der Waals surface area contributed by atoms with E-state index in [1.165, 1.54) is 12.3 Å². The molecule has 0 N–H and O–H groups in total. The summed E-state index contributed by atoms with van der Waals surface area (Å²) in [6.07, 6.45) is 3.72. The van der Waals surface area contributed by atoms with E-state index in [0.717, 1.165) is 18.4 Å². The number of hydrogen-bond donors (Lipinski definition) is 0. The highest BCUT2D eigenvalue weighted by Crippen LogP contribution is 2.35. The molecule has 1 aromatic rings. The van der Waals surface area contributed by atoms with Crippen molar-refractivity contribution in [2.24, 2.45) is 5.92 Å². The summed E-state index contributed by atoms with van der Waals surface area (Å²) in [4.78, 5) is 20.4. The van der Waals surface area contributed by atoms with E-state index in [9.17, 15) is 9.18 Å².